The first-order valence-electron chi connectivity index (χ1n) is 17.4. The van der Waals surface area contributed by atoms with Crippen molar-refractivity contribution in [2.75, 3.05) is 0 Å². The molecular weight excluding hydrogens is 490 g/mol. The van der Waals surface area contributed by atoms with Gasteiger partial charge in [-0.2, -0.15) is 8.78 Å². The molecule has 1 atom stereocenters. The molecule has 236 valence electrons. The number of rotatable bonds is 27. The molecule has 0 aliphatic rings. The lowest BCUT2D eigenvalue weighted by atomic mass is 9.95. The van der Waals surface area contributed by atoms with E-state index >= 15 is 0 Å². The molecule has 0 radical (unpaired) electrons. The van der Waals surface area contributed by atoms with Crippen molar-refractivity contribution in [3.8, 4) is 0 Å². The van der Waals surface area contributed by atoms with Crippen molar-refractivity contribution in [3.05, 3.63) is 0 Å². The Hall–Kier alpha value is -0.670. The third kappa shape index (κ3) is 28.6. The quantitative estimate of drug-likeness (QED) is 0.0737. The largest absolute Gasteiger partial charge is 0.458 e. The summed E-state index contributed by atoms with van der Waals surface area (Å²) in [5, 5.41) is 0. The first-order valence-corrected chi connectivity index (χ1v) is 17.4. The Morgan fingerprint density at radius 2 is 0.897 bits per heavy atom. The average Bonchev–Trinajstić information content (AvgIpc) is 2.90. The molecule has 0 aromatic heterocycles. The number of hydrogen-bond donors (Lipinski definition) is 0. The van der Waals surface area contributed by atoms with E-state index in [1.807, 2.05) is 0 Å². The highest BCUT2D eigenvalue weighted by molar-refractivity contribution is 5.77. The highest BCUT2D eigenvalue weighted by atomic mass is 19.3. The van der Waals surface area contributed by atoms with Crippen LogP contribution in [0.2, 0.25) is 0 Å². The van der Waals surface area contributed by atoms with Gasteiger partial charge in [0, 0.05) is 6.42 Å². The summed E-state index contributed by atoms with van der Waals surface area (Å²) in [6, 6.07) is 0. The molecule has 0 aromatic rings. The van der Waals surface area contributed by atoms with Crippen molar-refractivity contribution in [3.63, 3.8) is 0 Å². The molecule has 0 aliphatic heterocycles. The van der Waals surface area contributed by atoms with Crippen molar-refractivity contribution in [1.82, 2.24) is 0 Å². The summed E-state index contributed by atoms with van der Waals surface area (Å²) in [6.07, 6.45) is 25.7. The van der Waals surface area contributed by atoms with E-state index in [0.29, 0.717) is 19.3 Å². The van der Waals surface area contributed by atoms with Crippen molar-refractivity contribution >= 4 is 5.97 Å². The third-order valence-corrected chi connectivity index (χ3v) is 7.57. The van der Waals surface area contributed by atoms with Crippen molar-refractivity contribution < 1.29 is 18.3 Å². The van der Waals surface area contributed by atoms with Gasteiger partial charge in [0.1, 0.15) is 6.10 Å². The molecule has 1 unspecified atom stereocenters. The van der Waals surface area contributed by atoms with Crippen LogP contribution in [0.4, 0.5) is 8.78 Å². The molecular formula is C35H70F2O2. The summed E-state index contributed by atoms with van der Waals surface area (Å²) in [6.45, 7) is 13.1. The van der Waals surface area contributed by atoms with Gasteiger partial charge in [-0.05, 0) is 38.0 Å². The number of carbonyl (C=O) groups is 1. The number of unbranched alkanes of at least 4 members (excludes halogenated alkanes) is 15. The summed E-state index contributed by atoms with van der Waals surface area (Å²) in [5.41, 5.74) is 0. The number of halogens is 2. The number of hydrogen-bond acceptors (Lipinski definition) is 2. The lowest BCUT2D eigenvalue weighted by Crippen LogP contribution is -2.34. The molecule has 2 nitrogen and oxygen atoms in total. The highest BCUT2D eigenvalue weighted by Gasteiger charge is 2.41. The summed E-state index contributed by atoms with van der Waals surface area (Å²) in [4.78, 5) is 12.3. The molecule has 0 heterocycles. The predicted octanol–water partition coefficient (Wildman–Crippen LogP) is 13.0. The van der Waals surface area contributed by atoms with E-state index in [1.54, 1.807) is 0 Å². The fourth-order valence-corrected chi connectivity index (χ4v) is 4.99. The average molecular weight is 561 g/mol. The van der Waals surface area contributed by atoms with E-state index in [0.717, 1.165) is 76.5 Å². The van der Waals surface area contributed by atoms with Gasteiger partial charge in [-0.25, -0.2) is 4.79 Å². The minimum absolute atomic E-state index is 0.352. The predicted molar refractivity (Wildman–Crippen MR) is 168 cm³/mol. The lowest BCUT2D eigenvalue weighted by molar-refractivity contribution is -0.179. The van der Waals surface area contributed by atoms with E-state index < -0.39 is 11.9 Å². The van der Waals surface area contributed by atoms with Gasteiger partial charge >= 0.3 is 11.9 Å². The molecule has 4 heteroatoms. The van der Waals surface area contributed by atoms with Crippen LogP contribution in [0.1, 0.15) is 202 Å². The van der Waals surface area contributed by atoms with Crippen LogP contribution in [0.3, 0.4) is 0 Å². The smallest absolute Gasteiger partial charge is 0.377 e. The zero-order chi connectivity index (χ0) is 29.6. The van der Waals surface area contributed by atoms with Crippen LogP contribution >= 0.6 is 0 Å². The van der Waals surface area contributed by atoms with E-state index in [2.05, 4.69) is 41.5 Å². The topological polar surface area (TPSA) is 26.3 Å². The fourth-order valence-electron chi connectivity index (χ4n) is 4.99. The summed E-state index contributed by atoms with van der Waals surface area (Å²) >= 11 is 0. The Balaban J connectivity index is 0. The number of carbonyl (C=O) groups excluding carboxylic acids is 1. The lowest BCUT2D eigenvalue weighted by Gasteiger charge is -2.22. The minimum atomic E-state index is -3.35. The van der Waals surface area contributed by atoms with E-state index in [1.165, 1.54) is 64.2 Å². The van der Waals surface area contributed by atoms with Gasteiger partial charge in [-0.15, -0.1) is 0 Å². The Kier molecular flexibility index (Phi) is 31.4. The second-order valence-electron chi connectivity index (χ2n) is 12.1. The number of esters is 1. The number of ether oxygens (including phenoxy) is 1. The molecule has 0 fully saturated rings. The van der Waals surface area contributed by atoms with Crippen molar-refractivity contribution in [2.24, 2.45) is 5.92 Å². The molecule has 0 saturated heterocycles. The zero-order valence-corrected chi connectivity index (χ0v) is 27.4. The molecule has 0 bridgehead atoms. The Morgan fingerprint density at radius 1 is 0.564 bits per heavy atom. The van der Waals surface area contributed by atoms with Crippen LogP contribution in [0.15, 0.2) is 0 Å². The van der Waals surface area contributed by atoms with E-state index in [4.69, 9.17) is 4.74 Å². The van der Waals surface area contributed by atoms with Crippen LogP contribution in [-0.4, -0.2) is 18.0 Å². The van der Waals surface area contributed by atoms with Gasteiger partial charge in [-0.1, -0.05) is 164 Å². The van der Waals surface area contributed by atoms with Crippen LogP contribution in [0, 0.1) is 5.92 Å². The summed E-state index contributed by atoms with van der Waals surface area (Å²) in [7, 11) is 0. The summed E-state index contributed by atoms with van der Waals surface area (Å²) < 4.78 is 34.4. The molecule has 0 saturated carbocycles. The Bertz CT molecular complexity index is 483. The molecule has 0 spiro atoms. The van der Waals surface area contributed by atoms with Gasteiger partial charge in [0.2, 0.25) is 0 Å². The van der Waals surface area contributed by atoms with Crippen LogP contribution in [0.5, 0.6) is 0 Å². The molecule has 0 aliphatic carbocycles. The standard InChI is InChI=1S/C32H62F2O2.C3H8/c1-5-8-11-14-15-16-19-24-29(4)25-20-17-18-23-28-32(33,34)31(35)36-30(26-21-12-9-6-2)27-22-13-10-7-3;1-3-2/h29-30H,5-28H2,1-4H3;3H2,1-2H3. The second-order valence-corrected chi connectivity index (χ2v) is 12.1. The van der Waals surface area contributed by atoms with Gasteiger partial charge in [0.15, 0.2) is 0 Å². The first kappa shape index (κ1) is 40.5. The van der Waals surface area contributed by atoms with Gasteiger partial charge in [-0.3, -0.25) is 0 Å². The van der Waals surface area contributed by atoms with Gasteiger partial charge < -0.3 is 4.74 Å². The van der Waals surface area contributed by atoms with Crippen LogP contribution < -0.4 is 0 Å². The maximum Gasteiger partial charge on any atom is 0.377 e. The number of alkyl halides is 2. The van der Waals surface area contributed by atoms with Crippen LogP contribution in [0.25, 0.3) is 0 Å². The van der Waals surface area contributed by atoms with Crippen LogP contribution in [-0.2, 0) is 9.53 Å². The van der Waals surface area contributed by atoms with E-state index in [9.17, 15) is 13.6 Å². The van der Waals surface area contributed by atoms with Crippen molar-refractivity contribution in [2.45, 2.75) is 214 Å². The fraction of sp³-hybridized carbons (Fsp3) is 0.971. The third-order valence-electron chi connectivity index (χ3n) is 7.57. The van der Waals surface area contributed by atoms with E-state index in [-0.39, 0.29) is 12.5 Å². The van der Waals surface area contributed by atoms with Gasteiger partial charge in [0.05, 0.1) is 0 Å². The Morgan fingerprint density at radius 3 is 1.33 bits per heavy atom. The second kappa shape index (κ2) is 30.3. The first-order chi connectivity index (χ1) is 18.8. The minimum Gasteiger partial charge on any atom is -0.458 e. The highest BCUT2D eigenvalue weighted by Crippen LogP contribution is 2.27. The van der Waals surface area contributed by atoms with Crippen molar-refractivity contribution in [1.29, 1.82) is 0 Å². The monoisotopic (exact) mass is 561 g/mol. The maximum atomic E-state index is 14.5. The van der Waals surface area contributed by atoms with Gasteiger partial charge in [0.25, 0.3) is 0 Å². The molecule has 0 aromatic carbocycles. The maximum absolute atomic E-state index is 14.5. The molecule has 0 amide bonds. The molecule has 0 rings (SSSR count). The normalized spacial score (nSPS) is 12.3. The SMILES string of the molecule is CCC.CCCCCCCCCC(C)CCCCCCC(F)(F)C(=O)OC(CCCCCC)CCCCCC. The summed E-state index contributed by atoms with van der Waals surface area (Å²) in [5.74, 6) is -3.92. The Labute approximate surface area is 244 Å². The molecule has 0 N–H and O–H groups in total. The zero-order valence-electron chi connectivity index (χ0n) is 27.4. The molecule has 39 heavy (non-hydrogen) atoms.